The van der Waals surface area contributed by atoms with E-state index in [-0.39, 0.29) is 5.91 Å². The fourth-order valence-corrected chi connectivity index (χ4v) is 1.74. The van der Waals surface area contributed by atoms with Crippen molar-refractivity contribution in [3.8, 4) is 0 Å². The van der Waals surface area contributed by atoms with Gasteiger partial charge in [-0.25, -0.2) is 10.8 Å². The minimum atomic E-state index is 0.00856. The molecule has 5 heteroatoms. The first-order valence-corrected chi connectivity index (χ1v) is 6.71. The Kier molecular flexibility index (Phi) is 5.76. The predicted molar refractivity (Wildman–Crippen MR) is 77.8 cm³/mol. The molecule has 0 saturated carbocycles. The summed E-state index contributed by atoms with van der Waals surface area (Å²) in [7, 11) is 1.83. The number of hydrogen-bond acceptors (Lipinski definition) is 4. The summed E-state index contributed by atoms with van der Waals surface area (Å²) < 4.78 is 0. The van der Waals surface area contributed by atoms with E-state index in [9.17, 15) is 4.79 Å². The van der Waals surface area contributed by atoms with Gasteiger partial charge in [0.15, 0.2) is 0 Å². The molecule has 0 aliphatic carbocycles. The normalized spacial score (nSPS) is 10.6. The number of nitrogens with zero attached hydrogens (tertiary/aromatic N) is 2. The first-order chi connectivity index (χ1) is 8.97. The number of anilines is 1. The zero-order valence-corrected chi connectivity index (χ0v) is 12.2. The Morgan fingerprint density at radius 1 is 1.47 bits per heavy atom. The number of carbonyl (C=O) groups is 1. The van der Waals surface area contributed by atoms with Gasteiger partial charge in [0.1, 0.15) is 5.82 Å². The van der Waals surface area contributed by atoms with Crippen molar-refractivity contribution < 1.29 is 4.79 Å². The molecule has 3 N–H and O–H groups in total. The van der Waals surface area contributed by atoms with Crippen molar-refractivity contribution in [1.82, 2.24) is 9.88 Å². The van der Waals surface area contributed by atoms with E-state index in [1.54, 1.807) is 11.0 Å². The lowest BCUT2D eigenvalue weighted by molar-refractivity contribution is 0.0789. The summed E-state index contributed by atoms with van der Waals surface area (Å²) in [6.45, 7) is 7.05. The van der Waals surface area contributed by atoms with E-state index in [2.05, 4.69) is 24.3 Å². The quantitative estimate of drug-likeness (QED) is 0.609. The van der Waals surface area contributed by atoms with Gasteiger partial charge in [0.2, 0.25) is 0 Å². The first kappa shape index (κ1) is 15.4. The van der Waals surface area contributed by atoms with Gasteiger partial charge in [0, 0.05) is 24.8 Å². The first-order valence-electron chi connectivity index (χ1n) is 6.71. The molecule has 1 rings (SSSR count). The van der Waals surface area contributed by atoms with E-state index in [1.807, 2.05) is 20.0 Å². The van der Waals surface area contributed by atoms with Gasteiger partial charge in [-0.15, -0.1) is 0 Å². The number of nitrogens with two attached hydrogens (primary N) is 1. The van der Waals surface area contributed by atoms with Crippen molar-refractivity contribution in [2.24, 2.45) is 11.8 Å². The molecule has 1 aromatic rings. The number of carbonyl (C=O) groups excluding carboxylic acids is 1. The molecule has 19 heavy (non-hydrogen) atoms. The molecule has 0 aliphatic heterocycles. The molecule has 1 aromatic heterocycles. The molecular formula is C14H24N4O. The number of pyridine rings is 1. The summed E-state index contributed by atoms with van der Waals surface area (Å²) >= 11 is 0. The molecule has 0 bridgehead atoms. The molecule has 0 aromatic carbocycles. The zero-order valence-electron chi connectivity index (χ0n) is 12.2. The third-order valence-electron chi connectivity index (χ3n) is 3.02. The highest BCUT2D eigenvalue weighted by Crippen LogP contribution is 2.13. The highest BCUT2D eigenvalue weighted by molar-refractivity contribution is 5.94. The number of aromatic nitrogens is 1. The summed E-state index contributed by atoms with van der Waals surface area (Å²) in [6.07, 6.45) is 1.77. The molecular weight excluding hydrogens is 240 g/mol. The maximum Gasteiger partial charge on any atom is 0.253 e. The van der Waals surface area contributed by atoms with Crippen LogP contribution in [0, 0.1) is 5.92 Å². The smallest absolute Gasteiger partial charge is 0.253 e. The highest BCUT2D eigenvalue weighted by Gasteiger charge is 2.14. The van der Waals surface area contributed by atoms with Crippen molar-refractivity contribution in [3.05, 3.63) is 23.4 Å². The number of nitrogen functional groups attached to an aromatic ring is 1. The highest BCUT2D eigenvalue weighted by atomic mass is 16.2. The molecule has 0 aliphatic rings. The number of nitrogens with one attached hydrogen (secondary N) is 1. The Morgan fingerprint density at radius 2 is 2.16 bits per heavy atom. The molecule has 0 spiro atoms. The van der Waals surface area contributed by atoms with Crippen LogP contribution in [0.1, 0.15) is 43.2 Å². The Morgan fingerprint density at radius 3 is 2.68 bits per heavy atom. The van der Waals surface area contributed by atoms with Crippen LogP contribution in [0.15, 0.2) is 12.1 Å². The maximum atomic E-state index is 12.3. The topological polar surface area (TPSA) is 71.2 Å². The van der Waals surface area contributed by atoms with Gasteiger partial charge in [-0.3, -0.25) is 4.79 Å². The summed E-state index contributed by atoms with van der Waals surface area (Å²) in [4.78, 5) is 18.3. The number of amides is 1. The second-order valence-corrected chi connectivity index (χ2v) is 5.14. The average Bonchev–Trinajstić information content (AvgIpc) is 2.42. The van der Waals surface area contributed by atoms with Crippen LogP contribution in [-0.4, -0.2) is 29.4 Å². The summed E-state index contributed by atoms with van der Waals surface area (Å²) in [6, 6.07) is 3.52. The van der Waals surface area contributed by atoms with E-state index in [0.29, 0.717) is 17.3 Å². The number of hydrogen-bond donors (Lipinski definition) is 2. The van der Waals surface area contributed by atoms with Crippen molar-refractivity contribution >= 4 is 11.7 Å². The van der Waals surface area contributed by atoms with Crippen LogP contribution in [-0.2, 0) is 6.42 Å². The van der Waals surface area contributed by atoms with Gasteiger partial charge in [-0.2, -0.15) is 0 Å². The Hall–Kier alpha value is -1.62. The Bertz CT molecular complexity index is 409. The van der Waals surface area contributed by atoms with Crippen LogP contribution in [0.5, 0.6) is 0 Å². The molecule has 0 radical (unpaired) electrons. The third-order valence-corrected chi connectivity index (χ3v) is 3.02. The van der Waals surface area contributed by atoms with Gasteiger partial charge in [-0.05, 0) is 30.9 Å². The minimum absolute atomic E-state index is 0.00856. The van der Waals surface area contributed by atoms with E-state index < -0.39 is 0 Å². The van der Waals surface area contributed by atoms with Gasteiger partial charge >= 0.3 is 0 Å². The molecule has 1 heterocycles. The summed E-state index contributed by atoms with van der Waals surface area (Å²) in [5, 5.41) is 0. The second kappa shape index (κ2) is 7.09. The van der Waals surface area contributed by atoms with Crippen LogP contribution < -0.4 is 11.3 Å². The standard InChI is InChI=1S/C14H24N4O/c1-5-12-8-11(9-13(16-12)17-15)14(19)18(4)7-6-10(2)3/h8-10H,5-7,15H2,1-4H3,(H,16,17). The van der Waals surface area contributed by atoms with Gasteiger partial charge in [-0.1, -0.05) is 20.8 Å². The van der Waals surface area contributed by atoms with Crippen LogP contribution in [0.2, 0.25) is 0 Å². The molecule has 5 nitrogen and oxygen atoms in total. The molecule has 1 amide bonds. The number of rotatable bonds is 6. The van der Waals surface area contributed by atoms with Crippen molar-refractivity contribution in [2.45, 2.75) is 33.6 Å². The minimum Gasteiger partial charge on any atom is -0.342 e. The molecule has 106 valence electrons. The zero-order chi connectivity index (χ0) is 14.4. The monoisotopic (exact) mass is 264 g/mol. The molecule has 0 fully saturated rings. The largest absolute Gasteiger partial charge is 0.342 e. The van der Waals surface area contributed by atoms with Crippen molar-refractivity contribution in [3.63, 3.8) is 0 Å². The SMILES string of the molecule is CCc1cc(C(=O)N(C)CCC(C)C)cc(NN)n1. The van der Waals surface area contributed by atoms with Crippen LogP contribution in [0.4, 0.5) is 5.82 Å². The van der Waals surface area contributed by atoms with Crippen LogP contribution >= 0.6 is 0 Å². The lowest BCUT2D eigenvalue weighted by Gasteiger charge is -2.19. The third kappa shape index (κ3) is 4.52. The Balaban J connectivity index is 2.85. The summed E-state index contributed by atoms with van der Waals surface area (Å²) in [5.74, 6) is 6.50. The van der Waals surface area contributed by atoms with E-state index >= 15 is 0 Å². The fourth-order valence-electron chi connectivity index (χ4n) is 1.74. The number of aryl methyl sites for hydroxylation is 1. The Labute approximate surface area is 115 Å². The number of hydrazine groups is 1. The van der Waals surface area contributed by atoms with Crippen molar-refractivity contribution in [1.29, 1.82) is 0 Å². The molecule has 0 saturated heterocycles. The fraction of sp³-hybridized carbons (Fsp3) is 0.571. The maximum absolute atomic E-state index is 12.3. The average molecular weight is 264 g/mol. The van der Waals surface area contributed by atoms with Crippen LogP contribution in [0.3, 0.4) is 0 Å². The van der Waals surface area contributed by atoms with Gasteiger partial charge in [0.05, 0.1) is 0 Å². The lowest BCUT2D eigenvalue weighted by atomic mass is 10.1. The van der Waals surface area contributed by atoms with Gasteiger partial charge in [0.25, 0.3) is 5.91 Å². The predicted octanol–water partition coefficient (Wildman–Crippen LogP) is 2.05. The molecule has 0 unspecified atom stereocenters. The second-order valence-electron chi connectivity index (χ2n) is 5.14. The summed E-state index contributed by atoms with van der Waals surface area (Å²) in [5.41, 5.74) is 3.99. The van der Waals surface area contributed by atoms with E-state index in [1.165, 1.54) is 0 Å². The van der Waals surface area contributed by atoms with E-state index in [0.717, 1.165) is 25.1 Å². The van der Waals surface area contributed by atoms with E-state index in [4.69, 9.17) is 5.84 Å². The lowest BCUT2D eigenvalue weighted by Crippen LogP contribution is -2.29. The van der Waals surface area contributed by atoms with Gasteiger partial charge < -0.3 is 10.3 Å². The van der Waals surface area contributed by atoms with Crippen molar-refractivity contribution in [2.75, 3.05) is 19.0 Å². The van der Waals surface area contributed by atoms with Crippen LogP contribution in [0.25, 0.3) is 0 Å². The molecule has 0 atom stereocenters.